The fraction of sp³-hybridized carbons (Fsp3) is 0.513. The number of carbonyl (C=O) groups is 1. The summed E-state index contributed by atoms with van der Waals surface area (Å²) in [6.07, 6.45) is 8.10. The molecule has 2 aromatic carbocycles. The maximum atomic E-state index is 13.5. The Bertz CT molecular complexity index is 1960. The van der Waals surface area contributed by atoms with Crippen LogP contribution in [0.25, 0.3) is 11.0 Å². The smallest absolute Gasteiger partial charge is 0.308 e. The second-order valence-corrected chi connectivity index (χ2v) is 18.8. The van der Waals surface area contributed by atoms with E-state index < -0.39 is 12.7 Å². The Balaban J connectivity index is 1.14. The standard InChI is InChI=1S/C39H55BrN9O5P/c1-8-26-23-31(47-38-45-25-28(40)37(48-38)46-30-10-9-29-35(44-17-16-43-29)36(30)55(6,7)51)33(52-5)24-32(26)49-19-11-27(12-20-49)42-15-14-41-18-22-53-21-13-34(50)54-39(2,3)4/h9-10,16-17,23-25,27,41-42H,8,11-15,18-22H2,1-7H3,(H2,45,46,47,48). The lowest BCUT2D eigenvalue weighted by atomic mass is 10.0. The Kier molecular flexibility index (Phi) is 14.8. The van der Waals surface area contributed by atoms with E-state index in [1.165, 1.54) is 11.3 Å². The molecule has 0 bridgehead atoms. The molecule has 0 aliphatic carbocycles. The molecule has 1 aliphatic rings. The van der Waals surface area contributed by atoms with Crippen LogP contribution < -0.4 is 36.2 Å². The van der Waals surface area contributed by atoms with Crippen LogP contribution in [0.4, 0.5) is 28.8 Å². The third-order valence-electron chi connectivity index (χ3n) is 9.04. The van der Waals surface area contributed by atoms with Gasteiger partial charge in [-0.3, -0.25) is 14.8 Å². The maximum Gasteiger partial charge on any atom is 0.308 e. The van der Waals surface area contributed by atoms with Crippen LogP contribution in [0, 0.1) is 0 Å². The van der Waals surface area contributed by atoms with Crippen molar-refractivity contribution in [2.75, 3.05) is 81.9 Å². The normalized spacial score (nSPS) is 13.9. The maximum absolute atomic E-state index is 13.5. The van der Waals surface area contributed by atoms with E-state index in [0.29, 0.717) is 63.3 Å². The molecule has 0 atom stereocenters. The fourth-order valence-corrected chi connectivity index (χ4v) is 8.18. The van der Waals surface area contributed by atoms with E-state index in [9.17, 15) is 9.36 Å². The molecule has 0 amide bonds. The van der Waals surface area contributed by atoms with Gasteiger partial charge in [-0.2, -0.15) is 4.98 Å². The molecule has 1 aliphatic heterocycles. The van der Waals surface area contributed by atoms with Crippen LogP contribution >= 0.6 is 23.1 Å². The molecule has 298 valence electrons. The fourth-order valence-electron chi connectivity index (χ4n) is 6.50. The predicted octanol–water partition coefficient (Wildman–Crippen LogP) is 6.38. The van der Waals surface area contributed by atoms with Crippen molar-refractivity contribution in [3.63, 3.8) is 0 Å². The summed E-state index contributed by atoms with van der Waals surface area (Å²) in [4.78, 5) is 32.4. The third-order valence-corrected chi connectivity index (χ3v) is 11.2. The van der Waals surface area contributed by atoms with Gasteiger partial charge in [-0.1, -0.05) is 6.92 Å². The Labute approximate surface area is 332 Å². The summed E-state index contributed by atoms with van der Waals surface area (Å²) in [5.41, 5.74) is 4.59. The first-order valence-electron chi connectivity index (χ1n) is 18.8. The van der Waals surface area contributed by atoms with Gasteiger partial charge in [0.1, 0.15) is 29.8 Å². The molecule has 4 N–H and O–H groups in total. The van der Waals surface area contributed by atoms with Crippen LogP contribution in [0.5, 0.6) is 5.75 Å². The molecule has 2 aromatic heterocycles. The Morgan fingerprint density at radius 2 is 1.76 bits per heavy atom. The van der Waals surface area contributed by atoms with Crippen LogP contribution in [0.3, 0.4) is 0 Å². The highest BCUT2D eigenvalue weighted by molar-refractivity contribution is 9.10. The number of methoxy groups -OCH3 is 1. The molecule has 1 saturated heterocycles. The van der Waals surface area contributed by atoms with Crippen LogP contribution in [-0.4, -0.2) is 104 Å². The van der Waals surface area contributed by atoms with Gasteiger partial charge in [0, 0.05) is 69.1 Å². The lowest BCUT2D eigenvalue weighted by Crippen LogP contribution is -2.44. The van der Waals surface area contributed by atoms with E-state index in [0.717, 1.165) is 57.7 Å². The number of hydrogen-bond acceptors (Lipinski definition) is 14. The van der Waals surface area contributed by atoms with E-state index >= 15 is 0 Å². The molecular weight excluding hydrogens is 785 g/mol. The highest BCUT2D eigenvalue weighted by atomic mass is 79.9. The number of anilines is 5. The van der Waals surface area contributed by atoms with Crippen LogP contribution in [0.1, 0.15) is 52.5 Å². The van der Waals surface area contributed by atoms with E-state index in [-0.39, 0.29) is 12.4 Å². The van der Waals surface area contributed by atoms with Crippen molar-refractivity contribution >= 4 is 74.2 Å². The van der Waals surface area contributed by atoms with E-state index in [1.807, 2.05) is 32.9 Å². The first kappa shape index (κ1) is 42.3. The largest absolute Gasteiger partial charge is 0.494 e. The van der Waals surface area contributed by atoms with Gasteiger partial charge in [-0.15, -0.1) is 0 Å². The Hall–Kier alpha value is -3.88. The zero-order chi connectivity index (χ0) is 39.6. The van der Waals surface area contributed by atoms with Gasteiger partial charge in [0.05, 0.1) is 53.4 Å². The molecule has 0 saturated carbocycles. The molecule has 1 fully saturated rings. The monoisotopic (exact) mass is 839 g/mol. The number of aromatic nitrogens is 4. The van der Waals surface area contributed by atoms with Crippen LogP contribution in [0.15, 0.2) is 47.3 Å². The second-order valence-electron chi connectivity index (χ2n) is 14.8. The van der Waals surface area contributed by atoms with Gasteiger partial charge in [0.15, 0.2) is 0 Å². The minimum atomic E-state index is -2.76. The summed E-state index contributed by atoms with van der Waals surface area (Å²) in [5.74, 6) is 1.35. The van der Waals surface area contributed by atoms with Crippen molar-refractivity contribution in [1.29, 1.82) is 0 Å². The molecule has 5 rings (SSSR count). The first-order chi connectivity index (χ1) is 26.3. The van der Waals surface area contributed by atoms with E-state index in [2.05, 4.69) is 76.1 Å². The number of halogens is 1. The summed E-state index contributed by atoms with van der Waals surface area (Å²) in [7, 11) is -1.09. The summed E-state index contributed by atoms with van der Waals surface area (Å²) >= 11 is 3.58. The number of hydrogen-bond donors (Lipinski definition) is 4. The lowest BCUT2D eigenvalue weighted by Gasteiger charge is -2.35. The zero-order valence-electron chi connectivity index (χ0n) is 33.0. The van der Waals surface area contributed by atoms with Gasteiger partial charge in [0.25, 0.3) is 0 Å². The van der Waals surface area contributed by atoms with Crippen molar-refractivity contribution in [1.82, 2.24) is 30.6 Å². The topological polar surface area (TPSA) is 165 Å². The SMILES string of the molecule is CCc1cc(Nc2ncc(Br)c(Nc3ccc4nccnc4c3P(C)(C)=O)n2)c(OC)cc1N1CCC(NCCNCCOCCC(=O)OC(C)(C)C)CC1. The number of aryl methyl sites for hydroxylation is 1. The number of esters is 1. The van der Waals surface area contributed by atoms with Gasteiger partial charge in [-0.25, -0.2) is 4.98 Å². The number of nitrogens with one attached hydrogen (secondary N) is 4. The van der Waals surface area contributed by atoms with E-state index in [1.54, 1.807) is 39.0 Å². The summed E-state index contributed by atoms with van der Waals surface area (Å²) in [6, 6.07) is 8.39. The molecule has 16 heteroatoms. The molecular formula is C39H55BrN9O5P. The summed E-state index contributed by atoms with van der Waals surface area (Å²) in [6.45, 7) is 16.5. The number of carbonyl (C=O) groups excluding carboxylic acids is 1. The minimum Gasteiger partial charge on any atom is -0.494 e. The third kappa shape index (κ3) is 12.1. The zero-order valence-corrected chi connectivity index (χ0v) is 35.5. The molecule has 55 heavy (non-hydrogen) atoms. The average molecular weight is 841 g/mol. The highest BCUT2D eigenvalue weighted by Gasteiger charge is 2.24. The second kappa shape index (κ2) is 19.3. The van der Waals surface area contributed by atoms with Crippen molar-refractivity contribution in [2.24, 2.45) is 0 Å². The summed E-state index contributed by atoms with van der Waals surface area (Å²) < 4.78 is 30.9. The molecule has 3 heterocycles. The number of piperidine rings is 1. The number of benzene rings is 2. The number of rotatable bonds is 18. The average Bonchev–Trinajstić information content (AvgIpc) is 3.14. The Morgan fingerprint density at radius 3 is 2.47 bits per heavy atom. The summed E-state index contributed by atoms with van der Waals surface area (Å²) in [5, 5.41) is 14.5. The van der Waals surface area contributed by atoms with Gasteiger partial charge >= 0.3 is 5.97 Å². The van der Waals surface area contributed by atoms with Crippen LogP contribution in [-0.2, 0) is 25.3 Å². The predicted molar refractivity (Wildman–Crippen MR) is 225 cm³/mol. The van der Waals surface area contributed by atoms with Crippen molar-refractivity contribution in [2.45, 2.75) is 65.0 Å². The number of nitrogens with zero attached hydrogens (tertiary/aromatic N) is 5. The van der Waals surface area contributed by atoms with Crippen molar-refractivity contribution in [3.05, 3.63) is 52.9 Å². The molecule has 14 nitrogen and oxygen atoms in total. The molecule has 0 radical (unpaired) electrons. The highest BCUT2D eigenvalue weighted by Crippen LogP contribution is 2.42. The van der Waals surface area contributed by atoms with Gasteiger partial charge in [-0.05, 0) is 93.1 Å². The molecule has 0 spiro atoms. The van der Waals surface area contributed by atoms with Crippen molar-refractivity contribution in [3.8, 4) is 5.75 Å². The van der Waals surface area contributed by atoms with Gasteiger partial charge in [0.2, 0.25) is 5.95 Å². The molecule has 0 unspecified atom stereocenters. The van der Waals surface area contributed by atoms with Crippen LogP contribution in [0.2, 0.25) is 0 Å². The quantitative estimate of drug-likeness (QED) is 0.0495. The minimum absolute atomic E-state index is 0.234. The van der Waals surface area contributed by atoms with Crippen molar-refractivity contribution < 1.29 is 23.6 Å². The number of ether oxygens (including phenoxy) is 3. The molecule has 4 aromatic rings. The van der Waals surface area contributed by atoms with Gasteiger partial charge < -0.3 is 44.9 Å². The number of fused-ring (bicyclic) bond motifs is 1. The Morgan fingerprint density at radius 1 is 1.00 bits per heavy atom. The lowest BCUT2D eigenvalue weighted by molar-refractivity contribution is -0.156. The first-order valence-corrected chi connectivity index (χ1v) is 22.2. The van der Waals surface area contributed by atoms with E-state index in [4.69, 9.17) is 19.2 Å².